The second-order valence-electron chi connectivity index (χ2n) is 4.77. The fourth-order valence-electron chi connectivity index (χ4n) is 2.44. The number of carbonyl (C=O) groups is 1. The third-order valence-corrected chi connectivity index (χ3v) is 3.45. The highest BCUT2D eigenvalue weighted by molar-refractivity contribution is 5.76. The Morgan fingerprint density at radius 1 is 1.39 bits per heavy atom. The number of benzene rings is 1. The van der Waals surface area contributed by atoms with Crippen LogP contribution in [-0.4, -0.2) is 13.1 Å². The van der Waals surface area contributed by atoms with Gasteiger partial charge in [-0.05, 0) is 24.0 Å². The third kappa shape index (κ3) is 2.84. The van der Waals surface area contributed by atoms with Gasteiger partial charge in [-0.1, -0.05) is 32.3 Å². The van der Waals surface area contributed by atoms with E-state index in [2.05, 4.69) is 6.92 Å². The maximum absolute atomic E-state index is 11.6. The molecule has 0 spiro atoms. The molecule has 0 radical (unpaired) electrons. The topological polar surface area (TPSA) is 35.5 Å². The lowest BCUT2D eigenvalue weighted by molar-refractivity contribution is -0.136. The molecular weight excluding hydrogens is 228 g/mol. The van der Waals surface area contributed by atoms with Crippen molar-refractivity contribution in [2.75, 3.05) is 7.11 Å². The standard InChI is InChI=1S/C15H20O3/c1-3-4-5-6-11-9-15(16)18-14-10-12(17-2)7-8-13(11)14/h7-8,10-11H,3-6,9H2,1-2H3. The second kappa shape index (κ2) is 5.89. The summed E-state index contributed by atoms with van der Waals surface area (Å²) in [5.41, 5.74) is 1.14. The Hall–Kier alpha value is -1.51. The van der Waals surface area contributed by atoms with Crippen molar-refractivity contribution in [1.82, 2.24) is 0 Å². The number of fused-ring (bicyclic) bond motifs is 1. The van der Waals surface area contributed by atoms with Gasteiger partial charge < -0.3 is 9.47 Å². The summed E-state index contributed by atoms with van der Waals surface area (Å²) < 4.78 is 10.4. The number of hydrogen-bond acceptors (Lipinski definition) is 3. The Kier molecular flexibility index (Phi) is 4.24. The molecular formula is C15H20O3. The van der Waals surface area contributed by atoms with Gasteiger partial charge in [0.15, 0.2) is 0 Å². The SMILES string of the molecule is CCCCCC1CC(=O)Oc2cc(OC)ccc21. The molecule has 1 aromatic carbocycles. The minimum absolute atomic E-state index is 0.128. The molecule has 1 aromatic rings. The molecule has 1 unspecified atom stereocenters. The summed E-state index contributed by atoms with van der Waals surface area (Å²) in [6.07, 6.45) is 5.15. The highest BCUT2D eigenvalue weighted by Crippen LogP contribution is 2.39. The van der Waals surface area contributed by atoms with Crippen molar-refractivity contribution in [3.8, 4) is 11.5 Å². The van der Waals surface area contributed by atoms with Crippen LogP contribution in [0.1, 0.15) is 50.5 Å². The minimum atomic E-state index is -0.128. The molecule has 18 heavy (non-hydrogen) atoms. The molecule has 3 nitrogen and oxygen atoms in total. The zero-order valence-electron chi connectivity index (χ0n) is 11.1. The average Bonchev–Trinajstić information content (AvgIpc) is 2.38. The summed E-state index contributed by atoms with van der Waals surface area (Å²) >= 11 is 0. The predicted molar refractivity (Wildman–Crippen MR) is 70.1 cm³/mol. The Labute approximate surface area is 108 Å². The number of esters is 1. The lowest BCUT2D eigenvalue weighted by atomic mass is 9.88. The maximum atomic E-state index is 11.6. The molecule has 0 aromatic heterocycles. The van der Waals surface area contributed by atoms with Crippen molar-refractivity contribution in [1.29, 1.82) is 0 Å². The zero-order chi connectivity index (χ0) is 13.0. The summed E-state index contributed by atoms with van der Waals surface area (Å²) in [5, 5.41) is 0. The molecule has 3 heteroatoms. The van der Waals surface area contributed by atoms with Gasteiger partial charge in [-0.2, -0.15) is 0 Å². The summed E-state index contributed by atoms with van der Waals surface area (Å²) in [5.74, 6) is 1.58. The normalized spacial score (nSPS) is 18.1. The predicted octanol–water partition coefficient (Wildman–Crippen LogP) is 3.67. The Balaban J connectivity index is 2.17. The Morgan fingerprint density at radius 3 is 2.94 bits per heavy atom. The van der Waals surface area contributed by atoms with Crippen LogP contribution < -0.4 is 9.47 Å². The van der Waals surface area contributed by atoms with E-state index in [1.807, 2.05) is 12.1 Å². The summed E-state index contributed by atoms with van der Waals surface area (Å²) in [6, 6.07) is 5.77. The van der Waals surface area contributed by atoms with Crippen LogP contribution in [0.4, 0.5) is 0 Å². The minimum Gasteiger partial charge on any atom is -0.497 e. The quantitative estimate of drug-likeness (QED) is 0.453. The van der Waals surface area contributed by atoms with Crippen LogP contribution in [0.25, 0.3) is 0 Å². The lowest BCUT2D eigenvalue weighted by Crippen LogP contribution is -2.20. The van der Waals surface area contributed by atoms with E-state index in [9.17, 15) is 4.79 Å². The number of carbonyl (C=O) groups excluding carboxylic acids is 1. The molecule has 0 amide bonds. The molecule has 1 aliphatic rings. The first-order valence-corrected chi connectivity index (χ1v) is 6.63. The fraction of sp³-hybridized carbons (Fsp3) is 0.533. The van der Waals surface area contributed by atoms with Gasteiger partial charge in [0.25, 0.3) is 0 Å². The van der Waals surface area contributed by atoms with Crippen LogP contribution >= 0.6 is 0 Å². The molecule has 0 N–H and O–H groups in total. The highest BCUT2D eigenvalue weighted by Gasteiger charge is 2.26. The van der Waals surface area contributed by atoms with Gasteiger partial charge in [-0.3, -0.25) is 4.79 Å². The van der Waals surface area contributed by atoms with Crippen molar-refractivity contribution < 1.29 is 14.3 Å². The van der Waals surface area contributed by atoms with E-state index in [4.69, 9.17) is 9.47 Å². The van der Waals surface area contributed by atoms with E-state index in [1.54, 1.807) is 13.2 Å². The molecule has 0 saturated heterocycles. The van der Waals surface area contributed by atoms with E-state index in [-0.39, 0.29) is 5.97 Å². The van der Waals surface area contributed by atoms with Gasteiger partial charge in [0.05, 0.1) is 13.5 Å². The fourth-order valence-corrected chi connectivity index (χ4v) is 2.44. The van der Waals surface area contributed by atoms with E-state index in [0.29, 0.717) is 18.1 Å². The van der Waals surface area contributed by atoms with Gasteiger partial charge in [-0.15, -0.1) is 0 Å². The summed E-state index contributed by atoms with van der Waals surface area (Å²) in [7, 11) is 1.62. The molecule has 0 saturated carbocycles. The van der Waals surface area contributed by atoms with Crippen LogP contribution in [0.3, 0.4) is 0 Å². The van der Waals surface area contributed by atoms with Crippen molar-refractivity contribution in [3.05, 3.63) is 23.8 Å². The van der Waals surface area contributed by atoms with Crippen molar-refractivity contribution in [3.63, 3.8) is 0 Å². The average molecular weight is 248 g/mol. The number of unbranched alkanes of at least 4 members (excludes halogenated alkanes) is 2. The Morgan fingerprint density at radius 2 is 2.22 bits per heavy atom. The molecule has 1 aliphatic heterocycles. The van der Waals surface area contributed by atoms with Crippen LogP contribution in [-0.2, 0) is 4.79 Å². The molecule has 2 rings (SSSR count). The molecule has 0 bridgehead atoms. The monoisotopic (exact) mass is 248 g/mol. The van der Waals surface area contributed by atoms with E-state index in [0.717, 1.165) is 17.7 Å². The molecule has 98 valence electrons. The maximum Gasteiger partial charge on any atom is 0.311 e. The largest absolute Gasteiger partial charge is 0.497 e. The van der Waals surface area contributed by atoms with Crippen LogP contribution in [0.5, 0.6) is 11.5 Å². The van der Waals surface area contributed by atoms with E-state index in [1.165, 1.54) is 19.3 Å². The molecule has 0 fully saturated rings. The zero-order valence-corrected chi connectivity index (χ0v) is 11.1. The summed E-state index contributed by atoms with van der Waals surface area (Å²) in [6.45, 7) is 2.19. The first-order chi connectivity index (χ1) is 8.74. The lowest BCUT2D eigenvalue weighted by Gasteiger charge is -2.24. The molecule has 0 aliphatic carbocycles. The first kappa shape index (κ1) is 12.9. The van der Waals surface area contributed by atoms with Crippen molar-refractivity contribution >= 4 is 5.97 Å². The van der Waals surface area contributed by atoms with E-state index < -0.39 is 0 Å². The number of rotatable bonds is 5. The number of methoxy groups -OCH3 is 1. The summed E-state index contributed by atoms with van der Waals surface area (Å²) in [4.78, 5) is 11.6. The third-order valence-electron chi connectivity index (χ3n) is 3.45. The van der Waals surface area contributed by atoms with Gasteiger partial charge in [-0.25, -0.2) is 0 Å². The van der Waals surface area contributed by atoms with Crippen LogP contribution in [0, 0.1) is 0 Å². The van der Waals surface area contributed by atoms with Gasteiger partial charge in [0.1, 0.15) is 11.5 Å². The van der Waals surface area contributed by atoms with Crippen LogP contribution in [0.15, 0.2) is 18.2 Å². The number of hydrogen-bond donors (Lipinski definition) is 0. The van der Waals surface area contributed by atoms with Crippen molar-refractivity contribution in [2.24, 2.45) is 0 Å². The molecule has 1 atom stereocenters. The second-order valence-corrected chi connectivity index (χ2v) is 4.77. The molecule has 1 heterocycles. The van der Waals surface area contributed by atoms with Crippen LogP contribution in [0.2, 0.25) is 0 Å². The number of ether oxygens (including phenoxy) is 2. The smallest absolute Gasteiger partial charge is 0.311 e. The highest BCUT2D eigenvalue weighted by atomic mass is 16.5. The van der Waals surface area contributed by atoms with Gasteiger partial charge in [0, 0.05) is 6.07 Å². The van der Waals surface area contributed by atoms with E-state index >= 15 is 0 Å². The van der Waals surface area contributed by atoms with Gasteiger partial charge in [0.2, 0.25) is 0 Å². The first-order valence-electron chi connectivity index (χ1n) is 6.63. The Bertz CT molecular complexity index is 426. The van der Waals surface area contributed by atoms with Gasteiger partial charge >= 0.3 is 5.97 Å². The van der Waals surface area contributed by atoms with Crippen molar-refractivity contribution in [2.45, 2.75) is 44.9 Å².